The van der Waals surface area contributed by atoms with Gasteiger partial charge in [-0.3, -0.25) is 0 Å². The molecule has 366 valence electrons. The Morgan fingerprint density at radius 1 is 0.321 bits per heavy atom. The van der Waals surface area contributed by atoms with Crippen molar-refractivity contribution in [3.8, 4) is 84.4 Å². The number of furan rings is 2. The molecule has 0 amide bonds. The molecule has 4 aromatic heterocycles. The average Bonchev–Trinajstić information content (AvgIpc) is 4.27. The molecule has 0 bridgehead atoms. The second kappa shape index (κ2) is 16.9. The van der Waals surface area contributed by atoms with Crippen LogP contribution in [0.25, 0.3) is 150 Å². The molecule has 0 saturated heterocycles. The Morgan fingerprint density at radius 2 is 0.872 bits per heavy atom. The summed E-state index contributed by atoms with van der Waals surface area (Å²) in [5, 5.41) is 6.62. The molecule has 78 heavy (non-hydrogen) atoms. The van der Waals surface area contributed by atoms with Crippen molar-refractivity contribution in [2.45, 2.75) is 19.3 Å². The lowest BCUT2D eigenvalue weighted by Gasteiger charge is -2.22. The van der Waals surface area contributed by atoms with Crippen LogP contribution in [0.3, 0.4) is 0 Å². The third-order valence-electron chi connectivity index (χ3n) is 16.3. The van der Waals surface area contributed by atoms with Crippen LogP contribution in [0.2, 0.25) is 0 Å². The van der Waals surface area contributed by atoms with Gasteiger partial charge in [-0.1, -0.05) is 196 Å². The van der Waals surface area contributed by atoms with Crippen LogP contribution in [0.5, 0.6) is 0 Å². The second-order valence-corrected chi connectivity index (χ2v) is 21.1. The van der Waals surface area contributed by atoms with Gasteiger partial charge < -0.3 is 13.4 Å². The molecule has 11 aromatic carbocycles. The summed E-state index contributed by atoms with van der Waals surface area (Å²) in [7, 11) is 0. The zero-order valence-electron chi connectivity index (χ0n) is 42.7. The van der Waals surface area contributed by atoms with Crippen LogP contribution in [0.15, 0.2) is 251 Å². The predicted molar refractivity (Wildman–Crippen MR) is 319 cm³/mol. The summed E-state index contributed by atoms with van der Waals surface area (Å²) < 4.78 is 15.4. The highest BCUT2D eigenvalue weighted by molar-refractivity contribution is 6.16. The Balaban J connectivity index is 0.887. The summed E-state index contributed by atoms with van der Waals surface area (Å²) >= 11 is 0. The van der Waals surface area contributed by atoms with Gasteiger partial charge in [0.25, 0.3) is 0 Å². The van der Waals surface area contributed by atoms with Crippen molar-refractivity contribution in [3.63, 3.8) is 0 Å². The van der Waals surface area contributed by atoms with E-state index < -0.39 is 0 Å². The van der Waals surface area contributed by atoms with E-state index in [4.69, 9.17) is 23.8 Å². The summed E-state index contributed by atoms with van der Waals surface area (Å²) in [5.74, 6) is 1.73. The molecule has 1 aliphatic rings. The first-order valence-corrected chi connectivity index (χ1v) is 26.6. The molecule has 6 nitrogen and oxygen atoms in total. The van der Waals surface area contributed by atoms with Crippen molar-refractivity contribution in [3.05, 3.63) is 254 Å². The van der Waals surface area contributed by atoms with Gasteiger partial charge >= 0.3 is 0 Å². The minimum absolute atomic E-state index is 0.106. The monoisotopic (exact) mass is 998 g/mol. The maximum absolute atomic E-state index is 6.62. The maximum atomic E-state index is 6.62. The fourth-order valence-corrected chi connectivity index (χ4v) is 12.5. The van der Waals surface area contributed by atoms with Crippen molar-refractivity contribution < 1.29 is 8.83 Å². The van der Waals surface area contributed by atoms with Gasteiger partial charge in [-0.25, -0.2) is 15.0 Å². The third kappa shape index (κ3) is 6.79. The largest absolute Gasteiger partial charge is 0.456 e. The van der Waals surface area contributed by atoms with Gasteiger partial charge in [0.15, 0.2) is 17.5 Å². The zero-order chi connectivity index (χ0) is 51.6. The number of aromatic nitrogens is 4. The highest BCUT2D eigenvalue weighted by atomic mass is 16.3. The third-order valence-corrected chi connectivity index (χ3v) is 16.3. The highest BCUT2D eigenvalue weighted by Gasteiger charge is 2.35. The van der Waals surface area contributed by atoms with Crippen LogP contribution in [-0.4, -0.2) is 19.5 Å². The molecule has 1 aliphatic carbocycles. The van der Waals surface area contributed by atoms with Crippen LogP contribution >= 0.6 is 0 Å². The Kier molecular flexibility index (Phi) is 9.58. The van der Waals surface area contributed by atoms with Gasteiger partial charge in [0.2, 0.25) is 0 Å². The standard InChI is InChI=1S/C72H46N4O2/c1-72(2)61-29-9-6-22-53(61)54-35-32-45(41-62(54)72)44-18-12-19-46(38-44)51-25-14-27-58-60-40-47(52-26-15-28-59-56-24-8-11-31-65(56)78-68(52)59)34-37-63(60)76(67(51)58)50-21-13-20-48(39-50)70-73-69(43-16-4-3-5-17-43)74-71(75-70)49-33-36-57-55-23-7-10-30-64(55)77-66(57)42-49/h3-42H,1-2H3. The number of fused-ring (bicyclic) bond motifs is 12. The van der Waals surface area contributed by atoms with Crippen molar-refractivity contribution in [1.29, 1.82) is 0 Å². The Labute approximate surface area is 449 Å². The summed E-state index contributed by atoms with van der Waals surface area (Å²) in [6.07, 6.45) is 0. The van der Waals surface area contributed by atoms with Gasteiger partial charge in [0, 0.05) is 71.2 Å². The lowest BCUT2D eigenvalue weighted by molar-refractivity contribution is 0.660. The first-order valence-electron chi connectivity index (χ1n) is 26.6. The smallest absolute Gasteiger partial charge is 0.164 e. The van der Waals surface area contributed by atoms with Gasteiger partial charge in [0.05, 0.1) is 11.0 Å². The molecule has 4 heterocycles. The van der Waals surface area contributed by atoms with Crippen LogP contribution in [0, 0.1) is 0 Å². The number of nitrogens with zero attached hydrogens (tertiary/aromatic N) is 4. The average molecular weight is 999 g/mol. The lowest BCUT2D eigenvalue weighted by Crippen LogP contribution is -2.14. The van der Waals surface area contributed by atoms with E-state index in [0.29, 0.717) is 17.5 Å². The summed E-state index contributed by atoms with van der Waals surface area (Å²) in [6, 6.07) is 86.4. The van der Waals surface area contributed by atoms with Crippen LogP contribution in [0.1, 0.15) is 25.0 Å². The quantitative estimate of drug-likeness (QED) is 0.159. The van der Waals surface area contributed by atoms with Crippen LogP contribution in [0.4, 0.5) is 0 Å². The van der Waals surface area contributed by atoms with E-state index in [1.54, 1.807) is 0 Å². The van der Waals surface area contributed by atoms with Crippen LogP contribution < -0.4 is 0 Å². The number of hydrogen-bond donors (Lipinski definition) is 0. The zero-order valence-corrected chi connectivity index (χ0v) is 42.7. The van der Waals surface area contributed by atoms with Gasteiger partial charge in [0.1, 0.15) is 22.3 Å². The second-order valence-electron chi connectivity index (χ2n) is 21.1. The van der Waals surface area contributed by atoms with Crippen molar-refractivity contribution in [2.24, 2.45) is 0 Å². The lowest BCUT2D eigenvalue weighted by atomic mass is 9.81. The summed E-state index contributed by atoms with van der Waals surface area (Å²) in [6.45, 7) is 4.69. The topological polar surface area (TPSA) is 69.9 Å². The molecule has 0 N–H and O–H groups in total. The Morgan fingerprint density at radius 3 is 1.72 bits per heavy atom. The maximum Gasteiger partial charge on any atom is 0.164 e. The molecule has 0 radical (unpaired) electrons. The van der Waals surface area contributed by atoms with E-state index in [1.807, 2.05) is 66.7 Å². The number of para-hydroxylation sites is 4. The first kappa shape index (κ1) is 44.2. The Hall–Kier alpha value is -10.2. The van der Waals surface area contributed by atoms with E-state index in [1.165, 1.54) is 33.4 Å². The fraction of sp³-hybridized carbons (Fsp3) is 0.0417. The van der Waals surface area contributed by atoms with Crippen LogP contribution in [-0.2, 0) is 5.41 Å². The number of rotatable bonds is 7. The van der Waals surface area contributed by atoms with Gasteiger partial charge in [-0.2, -0.15) is 0 Å². The van der Waals surface area contributed by atoms with E-state index in [0.717, 1.165) is 110 Å². The van der Waals surface area contributed by atoms with Crippen molar-refractivity contribution >= 4 is 65.7 Å². The number of benzene rings is 11. The van der Waals surface area contributed by atoms with E-state index in [2.05, 4.69) is 194 Å². The van der Waals surface area contributed by atoms with Gasteiger partial charge in [-0.05, 0) is 105 Å². The predicted octanol–water partition coefficient (Wildman–Crippen LogP) is 19.1. The minimum atomic E-state index is -0.106. The molecule has 0 fully saturated rings. The molecule has 0 saturated carbocycles. The van der Waals surface area contributed by atoms with Crippen molar-refractivity contribution in [2.75, 3.05) is 0 Å². The molecular formula is C72H46N4O2. The molecule has 0 aliphatic heterocycles. The van der Waals surface area contributed by atoms with Gasteiger partial charge in [-0.15, -0.1) is 0 Å². The normalized spacial score (nSPS) is 12.8. The van der Waals surface area contributed by atoms with E-state index in [-0.39, 0.29) is 5.41 Å². The highest BCUT2D eigenvalue weighted by Crippen LogP contribution is 2.50. The molecule has 16 rings (SSSR count). The minimum Gasteiger partial charge on any atom is -0.456 e. The van der Waals surface area contributed by atoms with E-state index in [9.17, 15) is 0 Å². The fourth-order valence-electron chi connectivity index (χ4n) is 12.5. The first-order chi connectivity index (χ1) is 38.4. The molecule has 15 aromatic rings. The molecule has 6 heteroatoms. The summed E-state index contributed by atoms with van der Waals surface area (Å²) in [5.41, 5.74) is 21.2. The SMILES string of the molecule is CC1(C)c2ccccc2-c2ccc(-c3cccc(-c4cccc5c6cc(-c7cccc8c7oc7ccccc78)ccc6n(-c6cccc(-c7nc(-c8ccccc8)nc(-c8ccc9c(c8)oc8ccccc89)n7)c6)c45)c3)cc21. The molecule has 0 spiro atoms. The van der Waals surface area contributed by atoms with Crippen molar-refractivity contribution in [1.82, 2.24) is 19.5 Å². The molecular weight excluding hydrogens is 953 g/mol. The molecule has 0 atom stereocenters. The Bertz CT molecular complexity index is 4960. The molecule has 0 unspecified atom stereocenters. The number of hydrogen-bond acceptors (Lipinski definition) is 5. The summed E-state index contributed by atoms with van der Waals surface area (Å²) in [4.78, 5) is 15.6. The van der Waals surface area contributed by atoms with E-state index >= 15 is 0 Å².